The lowest BCUT2D eigenvalue weighted by molar-refractivity contribution is -0.137. The van der Waals surface area contributed by atoms with E-state index in [2.05, 4.69) is 18.7 Å². The van der Waals surface area contributed by atoms with Gasteiger partial charge in [0.1, 0.15) is 0 Å². The fourth-order valence-corrected chi connectivity index (χ4v) is 3.29. The second kappa shape index (κ2) is 7.11. The highest BCUT2D eigenvalue weighted by atomic mass is 16.4. The highest BCUT2D eigenvalue weighted by molar-refractivity contribution is 5.75. The van der Waals surface area contributed by atoms with Gasteiger partial charge in [-0.05, 0) is 25.7 Å². The molecule has 2 amide bonds. The fraction of sp³-hybridized carbons (Fsp3) is 0.867. The Balaban J connectivity index is 1.79. The standard InChI is InChI=1S/C15H27N3O3/c1-12-3-6-18(13(2)11-12)15(21)17-9-7-16(8-10-17)5-4-14(19)20/h12-13H,3-11H2,1-2H3,(H,19,20). The molecule has 0 bridgehead atoms. The van der Waals surface area contributed by atoms with Crippen LogP contribution in [0.1, 0.15) is 33.1 Å². The minimum absolute atomic E-state index is 0.160. The van der Waals surface area contributed by atoms with Crippen LogP contribution in [0.5, 0.6) is 0 Å². The molecule has 0 spiro atoms. The van der Waals surface area contributed by atoms with Crippen molar-refractivity contribution in [1.29, 1.82) is 0 Å². The number of hydrogen-bond acceptors (Lipinski definition) is 3. The van der Waals surface area contributed by atoms with Gasteiger partial charge in [-0.2, -0.15) is 0 Å². The molecular weight excluding hydrogens is 270 g/mol. The van der Waals surface area contributed by atoms with Crippen LogP contribution in [0.3, 0.4) is 0 Å². The van der Waals surface area contributed by atoms with E-state index in [1.165, 1.54) is 0 Å². The summed E-state index contributed by atoms with van der Waals surface area (Å²) in [5, 5.41) is 8.71. The Kier molecular flexibility index (Phi) is 5.45. The Morgan fingerprint density at radius 1 is 1.10 bits per heavy atom. The Labute approximate surface area is 126 Å². The van der Waals surface area contributed by atoms with Crippen LogP contribution in [0, 0.1) is 5.92 Å². The van der Waals surface area contributed by atoms with E-state index in [4.69, 9.17) is 5.11 Å². The van der Waals surface area contributed by atoms with Gasteiger partial charge in [0.25, 0.3) is 0 Å². The summed E-state index contributed by atoms with van der Waals surface area (Å²) in [6.45, 7) is 8.79. The Bertz CT molecular complexity index is 380. The van der Waals surface area contributed by atoms with Gasteiger partial charge in [0.15, 0.2) is 0 Å². The average Bonchev–Trinajstić information content (AvgIpc) is 2.45. The van der Waals surface area contributed by atoms with Crippen molar-refractivity contribution in [1.82, 2.24) is 14.7 Å². The summed E-state index contributed by atoms with van der Waals surface area (Å²) in [4.78, 5) is 29.2. The van der Waals surface area contributed by atoms with Crippen LogP contribution in [0.2, 0.25) is 0 Å². The molecule has 21 heavy (non-hydrogen) atoms. The molecule has 2 rings (SSSR count). The minimum atomic E-state index is -0.759. The smallest absolute Gasteiger partial charge is 0.320 e. The Hall–Kier alpha value is -1.30. The van der Waals surface area contributed by atoms with Gasteiger partial charge >= 0.3 is 12.0 Å². The maximum atomic E-state index is 12.6. The van der Waals surface area contributed by atoms with E-state index in [1.807, 2.05) is 9.80 Å². The molecule has 2 atom stereocenters. The van der Waals surface area contributed by atoms with E-state index in [0.717, 1.165) is 32.5 Å². The SMILES string of the molecule is CC1CCN(C(=O)N2CCN(CCC(=O)O)CC2)C(C)C1. The van der Waals surface area contributed by atoms with Crippen molar-refractivity contribution in [2.75, 3.05) is 39.3 Å². The maximum absolute atomic E-state index is 12.6. The molecular formula is C15H27N3O3. The van der Waals surface area contributed by atoms with Gasteiger partial charge in [0.2, 0.25) is 0 Å². The van der Waals surface area contributed by atoms with Crippen LogP contribution < -0.4 is 0 Å². The van der Waals surface area contributed by atoms with Crippen molar-refractivity contribution in [2.24, 2.45) is 5.92 Å². The summed E-state index contributed by atoms with van der Waals surface area (Å²) < 4.78 is 0. The zero-order chi connectivity index (χ0) is 15.4. The van der Waals surface area contributed by atoms with E-state index in [1.54, 1.807) is 0 Å². The molecule has 2 saturated heterocycles. The first-order chi connectivity index (χ1) is 9.97. The summed E-state index contributed by atoms with van der Waals surface area (Å²) in [7, 11) is 0. The highest BCUT2D eigenvalue weighted by Crippen LogP contribution is 2.23. The average molecular weight is 297 g/mol. The molecule has 0 aliphatic carbocycles. The zero-order valence-corrected chi connectivity index (χ0v) is 13.1. The van der Waals surface area contributed by atoms with Gasteiger partial charge in [0.05, 0.1) is 6.42 Å². The molecule has 2 aliphatic rings. The molecule has 2 heterocycles. The quantitative estimate of drug-likeness (QED) is 0.853. The van der Waals surface area contributed by atoms with Gasteiger partial charge in [-0.25, -0.2) is 4.79 Å². The summed E-state index contributed by atoms with van der Waals surface area (Å²) in [5.74, 6) is -0.0540. The largest absolute Gasteiger partial charge is 0.481 e. The number of urea groups is 1. The summed E-state index contributed by atoms with van der Waals surface area (Å²) >= 11 is 0. The molecule has 0 saturated carbocycles. The molecule has 0 aromatic rings. The number of carbonyl (C=O) groups excluding carboxylic acids is 1. The fourth-order valence-electron chi connectivity index (χ4n) is 3.29. The second-order valence-electron chi connectivity index (χ2n) is 6.43. The lowest BCUT2D eigenvalue weighted by atomic mass is 9.94. The highest BCUT2D eigenvalue weighted by Gasteiger charge is 2.31. The molecule has 2 unspecified atom stereocenters. The topological polar surface area (TPSA) is 64.1 Å². The van der Waals surface area contributed by atoms with Crippen LogP contribution >= 0.6 is 0 Å². The number of likely N-dealkylation sites (tertiary alicyclic amines) is 1. The van der Waals surface area contributed by atoms with Gasteiger partial charge in [-0.3, -0.25) is 9.69 Å². The molecule has 2 fully saturated rings. The van der Waals surface area contributed by atoms with Gasteiger partial charge in [-0.15, -0.1) is 0 Å². The molecule has 0 aromatic carbocycles. The monoisotopic (exact) mass is 297 g/mol. The third-order valence-corrected chi connectivity index (χ3v) is 4.67. The first-order valence-electron chi connectivity index (χ1n) is 7.97. The molecule has 6 heteroatoms. The number of carbonyl (C=O) groups is 2. The molecule has 1 N–H and O–H groups in total. The van der Waals surface area contributed by atoms with Crippen molar-refractivity contribution >= 4 is 12.0 Å². The predicted octanol–water partition coefficient (Wildman–Crippen LogP) is 1.32. The van der Waals surface area contributed by atoms with Crippen LogP contribution in [-0.2, 0) is 4.79 Å². The lowest BCUT2D eigenvalue weighted by Crippen LogP contribution is -2.56. The molecule has 2 aliphatic heterocycles. The van der Waals surface area contributed by atoms with Crippen LogP contribution in [0.25, 0.3) is 0 Å². The molecule has 0 radical (unpaired) electrons. The third kappa shape index (κ3) is 4.33. The number of hydrogen-bond donors (Lipinski definition) is 1. The second-order valence-corrected chi connectivity index (χ2v) is 6.43. The number of carboxylic acids is 1. The van der Waals surface area contributed by atoms with E-state index in [0.29, 0.717) is 31.6 Å². The van der Waals surface area contributed by atoms with Gasteiger partial charge < -0.3 is 14.9 Å². The Morgan fingerprint density at radius 2 is 1.76 bits per heavy atom. The first-order valence-corrected chi connectivity index (χ1v) is 7.97. The van der Waals surface area contributed by atoms with Gasteiger partial charge in [0, 0.05) is 45.3 Å². The summed E-state index contributed by atoms with van der Waals surface area (Å²) in [6.07, 6.45) is 2.36. The molecule has 120 valence electrons. The number of aliphatic carboxylic acids is 1. The molecule has 6 nitrogen and oxygen atoms in total. The number of nitrogens with zero attached hydrogens (tertiary/aromatic N) is 3. The zero-order valence-electron chi connectivity index (χ0n) is 13.1. The van der Waals surface area contributed by atoms with Crippen LogP contribution in [0.4, 0.5) is 4.79 Å². The van der Waals surface area contributed by atoms with E-state index < -0.39 is 5.97 Å². The van der Waals surface area contributed by atoms with E-state index in [9.17, 15) is 9.59 Å². The summed E-state index contributed by atoms with van der Waals surface area (Å²) in [6, 6.07) is 0.485. The Morgan fingerprint density at radius 3 is 2.33 bits per heavy atom. The lowest BCUT2D eigenvalue weighted by Gasteiger charge is -2.42. The number of piperidine rings is 1. The number of amides is 2. The summed E-state index contributed by atoms with van der Waals surface area (Å²) in [5.41, 5.74) is 0. The van der Waals surface area contributed by atoms with Crippen molar-refractivity contribution in [3.63, 3.8) is 0 Å². The van der Waals surface area contributed by atoms with Gasteiger partial charge in [-0.1, -0.05) is 6.92 Å². The maximum Gasteiger partial charge on any atom is 0.320 e. The van der Waals surface area contributed by atoms with Crippen molar-refractivity contribution in [3.8, 4) is 0 Å². The van der Waals surface area contributed by atoms with Crippen molar-refractivity contribution in [3.05, 3.63) is 0 Å². The normalized spacial score (nSPS) is 27.7. The van der Waals surface area contributed by atoms with E-state index >= 15 is 0 Å². The van der Waals surface area contributed by atoms with Crippen molar-refractivity contribution in [2.45, 2.75) is 39.2 Å². The van der Waals surface area contributed by atoms with Crippen molar-refractivity contribution < 1.29 is 14.7 Å². The van der Waals surface area contributed by atoms with E-state index in [-0.39, 0.29) is 12.5 Å². The first kappa shape index (κ1) is 16.1. The third-order valence-electron chi connectivity index (χ3n) is 4.67. The number of piperazine rings is 1. The van der Waals surface area contributed by atoms with Crippen LogP contribution in [-0.4, -0.2) is 77.1 Å². The van der Waals surface area contributed by atoms with Crippen LogP contribution in [0.15, 0.2) is 0 Å². The predicted molar refractivity (Wildman–Crippen MR) is 80.2 cm³/mol. The molecule has 0 aromatic heterocycles. The minimum Gasteiger partial charge on any atom is -0.481 e. The number of carboxylic acid groups (broad SMARTS) is 1. The number of rotatable bonds is 3.